The first-order chi connectivity index (χ1) is 6.84. The summed E-state index contributed by atoms with van der Waals surface area (Å²) in [5.41, 5.74) is 0. The Morgan fingerprint density at radius 1 is 1.57 bits per heavy atom. The van der Waals surface area contributed by atoms with E-state index in [4.69, 9.17) is 0 Å². The maximum absolute atomic E-state index is 11.6. The molecule has 0 amide bonds. The Morgan fingerprint density at radius 2 is 2.43 bits per heavy atom. The van der Waals surface area contributed by atoms with Crippen molar-refractivity contribution in [2.24, 2.45) is 5.92 Å². The maximum atomic E-state index is 11.6. The van der Waals surface area contributed by atoms with Gasteiger partial charge in [-0.1, -0.05) is 6.07 Å². The molecule has 1 aromatic rings. The maximum Gasteiger partial charge on any atom is 0.0287 e. The van der Waals surface area contributed by atoms with E-state index in [0.29, 0.717) is 5.92 Å². The van der Waals surface area contributed by atoms with Crippen molar-refractivity contribution < 1.29 is 4.21 Å². The van der Waals surface area contributed by atoms with Crippen LogP contribution in [0.15, 0.2) is 17.5 Å². The summed E-state index contributed by atoms with van der Waals surface area (Å²) in [6.45, 7) is 2.12. The molecule has 4 heteroatoms. The summed E-state index contributed by atoms with van der Waals surface area (Å²) in [5, 5.41) is 5.28. The van der Waals surface area contributed by atoms with Gasteiger partial charge in [0.2, 0.25) is 0 Å². The molecule has 0 aliphatic carbocycles. The number of hydrogen-bond donors (Lipinski definition) is 1. The quantitative estimate of drug-likeness (QED) is 0.823. The van der Waals surface area contributed by atoms with E-state index >= 15 is 0 Å². The van der Waals surface area contributed by atoms with Gasteiger partial charge in [-0.05, 0) is 23.8 Å². The van der Waals surface area contributed by atoms with E-state index in [1.54, 1.807) is 11.3 Å². The molecule has 1 saturated heterocycles. The van der Waals surface area contributed by atoms with Gasteiger partial charge in [0.15, 0.2) is 0 Å². The fraction of sp³-hybridized carbons (Fsp3) is 0.600. The third-order valence-corrected chi connectivity index (χ3v) is 4.88. The Kier molecular flexibility index (Phi) is 3.73. The average molecular weight is 229 g/mol. The van der Waals surface area contributed by atoms with Crippen molar-refractivity contribution in [3.05, 3.63) is 22.4 Å². The van der Waals surface area contributed by atoms with Crippen LogP contribution in [0.3, 0.4) is 0 Å². The molecule has 1 aliphatic heterocycles. The summed E-state index contributed by atoms with van der Waals surface area (Å²) >= 11 is 1.76. The van der Waals surface area contributed by atoms with E-state index in [-0.39, 0.29) is 0 Å². The van der Waals surface area contributed by atoms with E-state index in [9.17, 15) is 4.21 Å². The summed E-state index contributed by atoms with van der Waals surface area (Å²) in [5.74, 6) is 2.38. The monoisotopic (exact) mass is 229 g/mol. The number of nitrogens with one attached hydrogen (secondary N) is 1. The first kappa shape index (κ1) is 10.3. The van der Waals surface area contributed by atoms with Gasteiger partial charge in [-0.3, -0.25) is 4.21 Å². The molecule has 0 saturated carbocycles. The number of rotatable bonds is 5. The third kappa shape index (κ3) is 2.90. The van der Waals surface area contributed by atoms with E-state index in [0.717, 1.165) is 31.0 Å². The predicted molar refractivity (Wildman–Crippen MR) is 62.3 cm³/mol. The molecule has 1 N–H and O–H groups in total. The zero-order chi connectivity index (χ0) is 9.80. The molecule has 1 unspecified atom stereocenters. The molecule has 1 fully saturated rings. The van der Waals surface area contributed by atoms with E-state index in [2.05, 4.69) is 22.8 Å². The molecule has 14 heavy (non-hydrogen) atoms. The number of aryl methyl sites for hydroxylation is 1. The van der Waals surface area contributed by atoms with E-state index < -0.39 is 10.8 Å². The van der Waals surface area contributed by atoms with Crippen molar-refractivity contribution in [3.63, 3.8) is 0 Å². The fourth-order valence-electron chi connectivity index (χ4n) is 1.48. The van der Waals surface area contributed by atoms with Gasteiger partial charge in [0.05, 0.1) is 0 Å². The summed E-state index contributed by atoms with van der Waals surface area (Å²) < 4.78 is 11.6. The number of hydrogen-bond acceptors (Lipinski definition) is 3. The summed E-state index contributed by atoms with van der Waals surface area (Å²) in [6.07, 6.45) is 0.977. The van der Waals surface area contributed by atoms with Crippen LogP contribution in [0.2, 0.25) is 0 Å². The Labute approximate surface area is 91.2 Å². The van der Waals surface area contributed by atoms with Crippen LogP contribution in [0.5, 0.6) is 0 Å². The van der Waals surface area contributed by atoms with Gasteiger partial charge >= 0.3 is 0 Å². The summed E-state index contributed by atoms with van der Waals surface area (Å²) in [6, 6.07) is 4.17. The molecule has 2 rings (SSSR count). The van der Waals surface area contributed by atoms with Crippen LogP contribution in [0.1, 0.15) is 4.88 Å². The number of thiophene rings is 1. The van der Waals surface area contributed by atoms with Crippen molar-refractivity contribution >= 4 is 22.1 Å². The summed E-state index contributed by atoms with van der Waals surface area (Å²) in [7, 11) is -0.617. The molecule has 1 aromatic heterocycles. The van der Waals surface area contributed by atoms with Crippen LogP contribution in [0, 0.1) is 5.92 Å². The van der Waals surface area contributed by atoms with Crippen molar-refractivity contribution in [2.75, 3.05) is 24.6 Å². The Bertz CT molecular complexity index is 293. The van der Waals surface area contributed by atoms with Crippen LogP contribution in [-0.4, -0.2) is 28.8 Å². The lowest BCUT2D eigenvalue weighted by Gasteiger charge is -2.26. The highest BCUT2D eigenvalue weighted by Gasteiger charge is 2.18. The molecular weight excluding hydrogens is 214 g/mol. The highest BCUT2D eigenvalue weighted by atomic mass is 32.2. The minimum Gasteiger partial charge on any atom is -0.316 e. The molecule has 2 nitrogen and oxygen atoms in total. The average Bonchev–Trinajstić information content (AvgIpc) is 2.60. The van der Waals surface area contributed by atoms with Gasteiger partial charge in [0, 0.05) is 40.3 Å². The molecule has 78 valence electrons. The summed E-state index contributed by atoms with van der Waals surface area (Å²) in [4.78, 5) is 1.35. The SMILES string of the molecule is O=S(CCc1cccs1)CC1CNC1. The van der Waals surface area contributed by atoms with E-state index in [1.807, 2.05) is 0 Å². The van der Waals surface area contributed by atoms with Gasteiger partial charge < -0.3 is 5.32 Å². The molecule has 0 radical (unpaired) electrons. The third-order valence-electron chi connectivity index (χ3n) is 2.44. The minimum absolute atomic E-state index is 0.617. The normalized spacial score (nSPS) is 19.1. The second-order valence-electron chi connectivity index (χ2n) is 3.66. The lowest BCUT2D eigenvalue weighted by Crippen LogP contribution is -2.45. The van der Waals surface area contributed by atoms with E-state index in [1.165, 1.54) is 4.88 Å². The second kappa shape index (κ2) is 5.05. The topological polar surface area (TPSA) is 29.1 Å². The van der Waals surface area contributed by atoms with Crippen LogP contribution >= 0.6 is 11.3 Å². The van der Waals surface area contributed by atoms with Crippen molar-refractivity contribution in [3.8, 4) is 0 Å². The first-order valence-electron chi connectivity index (χ1n) is 4.92. The Hall–Kier alpha value is -0.190. The van der Waals surface area contributed by atoms with Gasteiger partial charge in [-0.2, -0.15) is 0 Å². The highest BCUT2D eigenvalue weighted by Crippen LogP contribution is 2.11. The van der Waals surface area contributed by atoms with Gasteiger partial charge in [-0.15, -0.1) is 11.3 Å². The molecule has 2 heterocycles. The van der Waals surface area contributed by atoms with Crippen molar-refractivity contribution in [1.82, 2.24) is 5.32 Å². The highest BCUT2D eigenvalue weighted by molar-refractivity contribution is 7.85. The molecule has 0 aromatic carbocycles. The minimum atomic E-state index is -0.617. The zero-order valence-electron chi connectivity index (χ0n) is 8.07. The standard InChI is InChI=1S/C10H15NOS2/c12-14(8-9-6-11-7-9)5-3-10-2-1-4-13-10/h1-2,4,9,11H,3,5-8H2. The zero-order valence-corrected chi connectivity index (χ0v) is 9.70. The largest absolute Gasteiger partial charge is 0.316 e. The fourth-order valence-corrected chi connectivity index (χ4v) is 3.70. The molecule has 1 aliphatic rings. The molecule has 0 bridgehead atoms. The van der Waals surface area contributed by atoms with Crippen LogP contribution in [-0.2, 0) is 17.2 Å². The second-order valence-corrected chi connectivity index (χ2v) is 6.32. The van der Waals surface area contributed by atoms with Gasteiger partial charge in [-0.25, -0.2) is 0 Å². The lowest BCUT2D eigenvalue weighted by atomic mass is 10.1. The van der Waals surface area contributed by atoms with Gasteiger partial charge in [0.1, 0.15) is 0 Å². The van der Waals surface area contributed by atoms with Crippen LogP contribution in [0.25, 0.3) is 0 Å². The molecule has 1 atom stereocenters. The Morgan fingerprint density at radius 3 is 3.00 bits per heavy atom. The van der Waals surface area contributed by atoms with Crippen molar-refractivity contribution in [2.45, 2.75) is 6.42 Å². The first-order valence-corrected chi connectivity index (χ1v) is 7.29. The van der Waals surface area contributed by atoms with Gasteiger partial charge in [0.25, 0.3) is 0 Å². The van der Waals surface area contributed by atoms with Crippen LogP contribution in [0.4, 0.5) is 0 Å². The lowest BCUT2D eigenvalue weighted by molar-refractivity contribution is 0.382. The predicted octanol–water partition coefficient (Wildman–Crippen LogP) is 1.26. The Balaban J connectivity index is 1.67. The van der Waals surface area contributed by atoms with Crippen molar-refractivity contribution in [1.29, 1.82) is 0 Å². The molecule has 0 spiro atoms. The van der Waals surface area contributed by atoms with Crippen LogP contribution < -0.4 is 5.32 Å². The smallest absolute Gasteiger partial charge is 0.0287 e. The molecular formula is C10H15NOS2.